The van der Waals surface area contributed by atoms with E-state index in [1.807, 2.05) is 43.3 Å². The highest BCUT2D eigenvalue weighted by Crippen LogP contribution is 2.31. The van der Waals surface area contributed by atoms with E-state index < -0.39 is 6.04 Å². The smallest absolute Gasteiger partial charge is 0.251 e. The summed E-state index contributed by atoms with van der Waals surface area (Å²) in [6.45, 7) is 5.63. The second-order valence-electron chi connectivity index (χ2n) is 8.64. The molecule has 5 rings (SSSR count). The van der Waals surface area contributed by atoms with E-state index in [9.17, 15) is 9.59 Å². The van der Waals surface area contributed by atoms with E-state index in [2.05, 4.69) is 14.8 Å². The molecule has 0 radical (unpaired) electrons. The molecule has 0 aliphatic carbocycles. The third-order valence-electron chi connectivity index (χ3n) is 6.47. The van der Waals surface area contributed by atoms with Crippen LogP contribution in [0.5, 0.6) is 5.75 Å². The molecule has 2 aliphatic heterocycles. The number of hydrogen-bond acceptors (Lipinski definition) is 6. The van der Waals surface area contributed by atoms with Crippen LogP contribution in [0.3, 0.4) is 0 Å². The van der Waals surface area contributed by atoms with Gasteiger partial charge in [-0.1, -0.05) is 18.5 Å². The molecular formula is C26H27ClN4O3. The van der Waals surface area contributed by atoms with Crippen molar-refractivity contribution in [2.24, 2.45) is 0 Å². The van der Waals surface area contributed by atoms with E-state index in [0.717, 1.165) is 41.9 Å². The van der Waals surface area contributed by atoms with Crippen molar-refractivity contribution in [2.45, 2.75) is 25.8 Å². The Hall–Kier alpha value is -3.16. The molecule has 2 saturated heterocycles. The van der Waals surface area contributed by atoms with Crippen LogP contribution in [-0.4, -0.2) is 60.5 Å². The predicted molar refractivity (Wildman–Crippen MR) is 134 cm³/mol. The van der Waals surface area contributed by atoms with Crippen LogP contribution in [0.15, 0.2) is 54.7 Å². The maximum absolute atomic E-state index is 13.2. The van der Waals surface area contributed by atoms with Gasteiger partial charge in [-0.3, -0.25) is 19.5 Å². The number of carbonyl (C=O) groups excluding carboxylic acids is 2. The SMILES string of the molecule is CCCOc1ccc(N2C(=O)CC(N3CCN(c4ccnc5cc(Cl)ccc45)CC3)C2=O)cc1. The lowest BCUT2D eigenvalue weighted by Gasteiger charge is -2.38. The van der Waals surface area contributed by atoms with Crippen LogP contribution >= 0.6 is 11.6 Å². The average Bonchev–Trinajstić information content (AvgIpc) is 3.16. The zero-order valence-electron chi connectivity index (χ0n) is 19.1. The summed E-state index contributed by atoms with van der Waals surface area (Å²) in [5, 5.41) is 1.73. The van der Waals surface area contributed by atoms with Gasteiger partial charge in [0.05, 0.1) is 30.3 Å². The van der Waals surface area contributed by atoms with Gasteiger partial charge in [0, 0.05) is 48.5 Å². The lowest BCUT2D eigenvalue weighted by atomic mass is 10.1. The molecule has 3 aromatic rings. The Kier molecular flexibility index (Phi) is 6.39. The van der Waals surface area contributed by atoms with Crippen LogP contribution < -0.4 is 14.5 Å². The van der Waals surface area contributed by atoms with Gasteiger partial charge in [-0.15, -0.1) is 0 Å². The number of anilines is 2. The summed E-state index contributed by atoms with van der Waals surface area (Å²) < 4.78 is 5.61. The van der Waals surface area contributed by atoms with Crippen LogP contribution in [0, 0.1) is 0 Å². The predicted octanol–water partition coefficient (Wildman–Crippen LogP) is 4.13. The Bertz CT molecular complexity index is 1210. The minimum absolute atomic E-state index is 0.148. The molecule has 2 fully saturated rings. The average molecular weight is 479 g/mol. The lowest BCUT2D eigenvalue weighted by Crippen LogP contribution is -2.52. The highest BCUT2D eigenvalue weighted by molar-refractivity contribution is 6.31. The standard InChI is InChI=1S/C26H27ClN4O3/c1-2-15-34-20-6-4-19(5-7-20)31-25(32)17-24(26(31)33)30-13-11-29(12-14-30)23-9-10-28-22-16-18(27)3-8-21(22)23/h3-10,16,24H,2,11-15,17H2,1H3. The number of benzene rings is 2. The fourth-order valence-corrected chi connectivity index (χ4v) is 4.91. The van der Waals surface area contributed by atoms with Crippen LogP contribution in [0.2, 0.25) is 5.02 Å². The number of piperazine rings is 1. The van der Waals surface area contributed by atoms with Gasteiger partial charge < -0.3 is 9.64 Å². The Morgan fingerprint density at radius 1 is 1.03 bits per heavy atom. The van der Waals surface area contributed by atoms with Gasteiger partial charge in [-0.05, 0) is 55.0 Å². The van der Waals surface area contributed by atoms with Crippen molar-refractivity contribution < 1.29 is 14.3 Å². The number of fused-ring (bicyclic) bond motifs is 1. The maximum Gasteiger partial charge on any atom is 0.251 e. The molecule has 0 N–H and O–H groups in total. The van der Waals surface area contributed by atoms with Crippen LogP contribution in [0.25, 0.3) is 10.9 Å². The second kappa shape index (κ2) is 9.60. The van der Waals surface area contributed by atoms with Crippen molar-refractivity contribution in [1.29, 1.82) is 0 Å². The van der Waals surface area contributed by atoms with Crippen molar-refractivity contribution in [3.8, 4) is 5.75 Å². The van der Waals surface area contributed by atoms with E-state index in [1.54, 1.807) is 18.3 Å². The first-order valence-electron chi connectivity index (χ1n) is 11.7. The summed E-state index contributed by atoms with van der Waals surface area (Å²) in [6.07, 6.45) is 2.94. The molecule has 7 nitrogen and oxygen atoms in total. The molecule has 0 saturated carbocycles. The van der Waals surface area contributed by atoms with Gasteiger partial charge in [0.1, 0.15) is 5.75 Å². The van der Waals surface area contributed by atoms with Crippen molar-refractivity contribution in [2.75, 3.05) is 42.6 Å². The largest absolute Gasteiger partial charge is 0.494 e. The summed E-state index contributed by atoms with van der Waals surface area (Å²) in [6, 6.07) is 14.5. The normalized spacial score (nSPS) is 19.3. The van der Waals surface area contributed by atoms with E-state index in [4.69, 9.17) is 16.3 Å². The van der Waals surface area contributed by atoms with E-state index in [-0.39, 0.29) is 18.2 Å². The molecule has 2 amide bonds. The van der Waals surface area contributed by atoms with E-state index in [1.165, 1.54) is 4.90 Å². The van der Waals surface area contributed by atoms with Gasteiger partial charge in [-0.25, -0.2) is 4.90 Å². The van der Waals surface area contributed by atoms with E-state index in [0.29, 0.717) is 30.4 Å². The number of amides is 2. The molecule has 1 aromatic heterocycles. The zero-order valence-corrected chi connectivity index (χ0v) is 19.9. The Balaban J connectivity index is 1.26. The van der Waals surface area contributed by atoms with Gasteiger partial charge in [0.25, 0.3) is 5.91 Å². The summed E-state index contributed by atoms with van der Waals surface area (Å²) in [5.41, 5.74) is 2.58. The van der Waals surface area contributed by atoms with Crippen molar-refractivity contribution in [1.82, 2.24) is 9.88 Å². The fraction of sp³-hybridized carbons (Fsp3) is 0.346. The molecule has 1 unspecified atom stereocenters. The van der Waals surface area contributed by atoms with Crippen LogP contribution in [0.4, 0.5) is 11.4 Å². The first-order valence-corrected chi connectivity index (χ1v) is 12.1. The number of halogens is 1. The highest BCUT2D eigenvalue weighted by Gasteiger charge is 2.43. The number of hydrogen-bond donors (Lipinski definition) is 0. The summed E-state index contributed by atoms with van der Waals surface area (Å²) in [4.78, 5) is 36.2. The third-order valence-corrected chi connectivity index (χ3v) is 6.70. The van der Waals surface area contributed by atoms with Gasteiger partial charge in [0.2, 0.25) is 5.91 Å². The molecule has 176 valence electrons. The maximum atomic E-state index is 13.2. The molecule has 34 heavy (non-hydrogen) atoms. The van der Waals surface area contributed by atoms with E-state index >= 15 is 0 Å². The molecule has 0 spiro atoms. The van der Waals surface area contributed by atoms with Crippen molar-refractivity contribution in [3.05, 3.63) is 59.8 Å². The molecule has 0 bridgehead atoms. The fourth-order valence-electron chi connectivity index (χ4n) is 4.74. The second-order valence-corrected chi connectivity index (χ2v) is 9.08. The van der Waals surface area contributed by atoms with Gasteiger partial charge in [0.15, 0.2) is 0 Å². The molecule has 2 aromatic carbocycles. The molecule has 3 heterocycles. The Morgan fingerprint density at radius 3 is 2.53 bits per heavy atom. The number of imide groups is 1. The van der Waals surface area contributed by atoms with Crippen LogP contribution in [-0.2, 0) is 9.59 Å². The quantitative estimate of drug-likeness (QED) is 0.496. The molecule has 1 atom stereocenters. The number of ether oxygens (including phenoxy) is 1. The molecule has 2 aliphatic rings. The van der Waals surface area contributed by atoms with Crippen LogP contribution in [0.1, 0.15) is 19.8 Å². The number of pyridine rings is 1. The topological polar surface area (TPSA) is 66.0 Å². The Labute approximate surface area is 203 Å². The lowest BCUT2D eigenvalue weighted by molar-refractivity contribution is -0.123. The summed E-state index contributed by atoms with van der Waals surface area (Å²) >= 11 is 6.13. The summed E-state index contributed by atoms with van der Waals surface area (Å²) in [5.74, 6) is 0.435. The minimum Gasteiger partial charge on any atom is -0.494 e. The monoisotopic (exact) mass is 478 g/mol. The first kappa shape index (κ1) is 22.6. The van der Waals surface area contributed by atoms with Crippen molar-refractivity contribution >= 4 is 45.7 Å². The molecular weight excluding hydrogens is 452 g/mol. The third kappa shape index (κ3) is 4.33. The van der Waals surface area contributed by atoms with Gasteiger partial charge >= 0.3 is 0 Å². The number of carbonyl (C=O) groups is 2. The molecule has 8 heteroatoms. The number of aromatic nitrogens is 1. The van der Waals surface area contributed by atoms with Crippen molar-refractivity contribution in [3.63, 3.8) is 0 Å². The first-order chi connectivity index (χ1) is 16.5. The summed E-state index contributed by atoms with van der Waals surface area (Å²) in [7, 11) is 0. The number of rotatable bonds is 6. The number of nitrogens with zero attached hydrogens (tertiary/aromatic N) is 4. The van der Waals surface area contributed by atoms with Gasteiger partial charge in [-0.2, -0.15) is 0 Å². The minimum atomic E-state index is -0.418. The zero-order chi connectivity index (χ0) is 23.7. The highest BCUT2D eigenvalue weighted by atomic mass is 35.5. The Morgan fingerprint density at radius 2 is 1.79 bits per heavy atom.